The summed E-state index contributed by atoms with van der Waals surface area (Å²) in [4.78, 5) is 12.2. The number of sulfonamides is 1. The third kappa shape index (κ3) is 4.45. The molecule has 0 unspecified atom stereocenters. The molecule has 3 aromatic rings. The van der Waals surface area contributed by atoms with Crippen LogP contribution in [0.4, 0.5) is 5.69 Å². The van der Waals surface area contributed by atoms with E-state index in [4.69, 9.17) is 21.8 Å². The molecule has 1 amide bonds. The molecule has 27 heavy (non-hydrogen) atoms. The second kappa shape index (κ2) is 7.65. The van der Waals surface area contributed by atoms with E-state index in [2.05, 4.69) is 10.4 Å². The number of aromatic nitrogens is 2. The molecular weight excluding hydrogens is 392 g/mol. The largest absolute Gasteiger partial charge is 0.394 e. The Hall–Kier alpha value is -2.46. The van der Waals surface area contributed by atoms with Gasteiger partial charge >= 0.3 is 0 Å². The predicted molar refractivity (Wildman–Crippen MR) is 102 cm³/mol. The highest BCUT2D eigenvalue weighted by molar-refractivity contribution is 7.89. The van der Waals surface area contributed by atoms with E-state index in [1.54, 1.807) is 30.3 Å². The van der Waals surface area contributed by atoms with Crippen molar-refractivity contribution in [1.29, 1.82) is 0 Å². The number of nitrogens with two attached hydrogens (primary N) is 1. The van der Waals surface area contributed by atoms with Crippen LogP contribution in [0.5, 0.6) is 0 Å². The highest BCUT2D eigenvalue weighted by Gasteiger charge is 2.18. The van der Waals surface area contributed by atoms with E-state index in [9.17, 15) is 13.2 Å². The average molecular weight is 409 g/mol. The van der Waals surface area contributed by atoms with Gasteiger partial charge in [-0.25, -0.2) is 13.6 Å². The van der Waals surface area contributed by atoms with Crippen molar-refractivity contribution >= 4 is 44.1 Å². The molecule has 142 valence electrons. The van der Waals surface area contributed by atoms with Gasteiger partial charge in [-0.15, -0.1) is 0 Å². The zero-order chi connectivity index (χ0) is 19.6. The van der Waals surface area contributed by atoms with Gasteiger partial charge in [-0.3, -0.25) is 9.48 Å². The number of aliphatic hydroxyl groups excluding tert-OH is 1. The van der Waals surface area contributed by atoms with Crippen LogP contribution in [0.25, 0.3) is 10.9 Å². The van der Waals surface area contributed by atoms with Crippen LogP contribution >= 0.6 is 11.6 Å². The fourth-order valence-electron chi connectivity index (χ4n) is 2.69. The van der Waals surface area contributed by atoms with Crippen LogP contribution < -0.4 is 10.5 Å². The lowest BCUT2D eigenvalue weighted by Crippen LogP contribution is -2.16. The Bertz CT molecular complexity index is 1110. The molecule has 0 saturated carbocycles. The topological polar surface area (TPSA) is 127 Å². The summed E-state index contributed by atoms with van der Waals surface area (Å²) in [6, 6.07) is 9.78. The number of fused-ring (bicyclic) bond motifs is 1. The van der Waals surface area contributed by atoms with E-state index in [0.29, 0.717) is 21.5 Å². The molecule has 3 rings (SSSR count). The molecule has 0 saturated heterocycles. The molecule has 0 bridgehead atoms. The van der Waals surface area contributed by atoms with Gasteiger partial charge in [0.25, 0.3) is 0 Å². The first-order chi connectivity index (χ1) is 12.8. The Kier molecular flexibility index (Phi) is 5.47. The number of halogens is 1. The van der Waals surface area contributed by atoms with Gasteiger partial charge in [0.15, 0.2) is 0 Å². The number of hydrogen-bond donors (Lipinski definition) is 3. The van der Waals surface area contributed by atoms with Crippen molar-refractivity contribution < 1.29 is 18.3 Å². The maximum absolute atomic E-state index is 12.3. The Balaban J connectivity index is 1.94. The number of anilines is 1. The highest BCUT2D eigenvalue weighted by atomic mass is 35.5. The Labute approximate surface area is 160 Å². The van der Waals surface area contributed by atoms with Crippen LogP contribution in [-0.2, 0) is 27.8 Å². The van der Waals surface area contributed by atoms with Crippen molar-refractivity contribution in [3.05, 3.63) is 53.2 Å². The lowest BCUT2D eigenvalue weighted by Gasteiger charge is -2.08. The molecule has 1 heterocycles. The molecule has 0 radical (unpaired) electrons. The minimum absolute atomic E-state index is 0.0291. The number of nitrogens with one attached hydrogen (secondary N) is 1. The van der Waals surface area contributed by atoms with Crippen LogP contribution in [0.15, 0.2) is 47.5 Å². The van der Waals surface area contributed by atoms with Crippen molar-refractivity contribution in [3.63, 3.8) is 0 Å². The minimum Gasteiger partial charge on any atom is -0.394 e. The molecule has 0 aliphatic carbocycles. The molecular formula is C17H17ClN4O4S. The van der Waals surface area contributed by atoms with Gasteiger partial charge < -0.3 is 10.4 Å². The number of primary sulfonamides is 1. The number of hydrogen-bond acceptors (Lipinski definition) is 5. The third-order valence-electron chi connectivity index (χ3n) is 3.86. The van der Waals surface area contributed by atoms with Crippen molar-refractivity contribution in [2.24, 2.45) is 5.14 Å². The van der Waals surface area contributed by atoms with Crippen molar-refractivity contribution in [2.45, 2.75) is 17.9 Å². The Morgan fingerprint density at radius 1 is 1.30 bits per heavy atom. The van der Waals surface area contributed by atoms with Gasteiger partial charge in [0.1, 0.15) is 0 Å². The zero-order valence-corrected chi connectivity index (χ0v) is 15.7. The zero-order valence-electron chi connectivity index (χ0n) is 14.1. The minimum atomic E-state index is -4.04. The molecule has 8 nitrogen and oxygen atoms in total. The van der Waals surface area contributed by atoms with Gasteiger partial charge in [-0.05, 0) is 23.8 Å². The lowest BCUT2D eigenvalue weighted by molar-refractivity contribution is -0.115. The van der Waals surface area contributed by atoms with Gasteiger partial charge in [-0.1, -0.05) is 29.8 Å². The quantitative estimate of drug-likeness (QED) is 0.569. The summed E-state index contributed by atoms with van der Waals surface area (Å²) in [5, 5.41) is 22.0. The molecule has 0 spiro atoms. The summed E-state index contributed by atoms with van der Waals surface area (Å²) < 4.78 is 25.3. The Morgan fingerprint density at radius 2 is 2.04 bits per heavy atom. The van der Waals surface area contributed by atoms with Crippen LogP contribution in [0.2, 0.25) is 5.02 Å². The number of carbonyl (C=O) groups is 1. The van der Waals surface area contributed by atoms with Crippen molar-refractivity contribution in [1.82, 2.24) is 9.78 Å². The van der Waals surface area contributed by atoms with Gasteiger partial charge in [0.05, 0.1) is 30.0 Å². The number of carbonyl (C=O) groups excluding carboxylic acids is 1. The third-order valence-corrected chi connectivity index (χ3v) is 5.18. The van der Waals surface area contributed by atoms with E-state index < -0.39 is 10.0 Å². The molecule has 0 aliphatic heterocycles. The fraction of sp³-hybridized carbons (Fsp3) is 0.176. The molecule has 10 heteroatoms. The Morgan fingerprint density at radius 3 is 2.70 bits per heavy atom. The fourth-order valence-corrected chi connectivity index (χ4v) is 3.64. The second-order valence-corrected chi connectivity index (χ2v) is 7.82. The average Bonchev–Trinajstić information content (AvgIpc) is 2.98. The summed E-state index contributed by atoms with van der Waals surface area (Å²) in [6.45, 7) is 0.0487. The summed E-state index contributed by atoms with van der Waals surface area (Å²) in [5.41, 5.74) is 1.23. The summed E-state index contributed by atoms with van der Waals surface area (Å²) in [7, 11) is -4.04. The van der Waals surface area contributed by atoms with E-state index in [0.717, 1.165) is 0 Å². The second-order valence-electron chi connectivity index (χ2n) is 5.88. The molecule has 0 atom stereocenters. The van der Waals surface area contributed by atoms with Crippen LogP contribution in [0, 0.1) is 0 Å². The molecule has 0 aliphatic rings. The first kappa shape index (κ1) is 19.3. The van der Waals surface area contributed by atoms with Crippen molar-refractivity contribution in [2.75, 3.05) is 11.9 Å². The van der Waals surface area contributed by atoms with Crippen LogP contribution in [0.3, 0.4) is 0 Å². The molecule has 0 fully saturated rings. The summed E-state index contributed by atoms with van der Waals surface area (Å²) in [5.74, 6) is -0.363. The molecule has 1 aromatic heterocycles. The van der Waals surface area contributed by atoms with Gasteiger partial charge in [-0.2, -0.15) is 5.10 Å². The highest BCUT2D eigenvalue weighted by Crippen LogP contribution is 2.26. The van der Waals surface area contributed by atoms with E-state index in [-0.39, 0.29) is 36.1 Å². The number of rotatable bonds is 6. The smallest absolute Gasteiger partial charge is 0.238 e. The molecule has 4 N–H and O–H groups in total. The first-order valence-electron chi connectivity index (χ1n) is 7.96. The van der Waals surface area contributed by atoms with Gasteiger partial charge in [0, 0.05) is 22.3 Å². The van der Waals surface area contributed by atoms with Crippen LogP contribution in [0.1, 0.15) is 5.56 Å². The maximum atomic E-state index is 12.3. The predicted octanol–water partition coefficient (Wildman–Crippen LogP) is 1.51. The lowest BCUT2D eigenvalue weighted by atomic mass is 10.1. The maximum Gasteiger partial charge on any atom is 0.238 e. The standard InChI is InChI=1S/C17H17ClN4O4S/c18-14-4-2-1-3-11(14)7-17(24)20-12-8-15-13(10-22(21-15)5-6-23)16(9-12)27(19,25)26/h1-4,8-10,23H,5-7H2,(H,20,24)(H2,19,25,26). The summed E-state index contributed by atoms with van der Waals surface area (Å²) >= 11 is 6.06. The number of nitrogens with zero attached hydrogens (tertiary/aromatic N) is 2. The van der Waals surface area contributed by atoms with Crippen LogP contribution in [-0.4, -0.2) is 35.8 Å². The van der Waals surface area contributed by atoms with Gasteiger partial charge in [0.2, 0.25) is 15.9 Å². The normalized spacial score (nSPS) is 11.7. The number of amides is 1. The van der Waals surface area contributed by atoms with E-state index in [1.165, 1.54) is 16.9 Å². The molecule has 2 aromatic carbocycles. The summed E-state index contributed by atoms with van der Waals surface area (Å²) in [6.07, 6.45) is 1.52. The number of aliphatic hydroxyl groups is 1. The monoisotopic (exact) mass is 408 g/mol. The van der Waals surface area contributed by atoms with Crippen molar-refractivity contribution in [3.8, 4) is 0 Å². The van der Waals surface area contributed by atoms with E-state index in [1.807, 2.05) is 0 Å². The first-order valence-corrected chi connectivity index (χ1v) is 9.88. The van der Waals surface area contributed by atoms with E-state index >= 15 is 0 Å². The number of benzene rings is 2. The SMILES string of the molecule is NS(=O)(=O)c1cc(NC(=O)Cc2ccccc2Cl)cc2nn(CCO)cc12.